The minimum Gasteiger partial charge on any atom is -0.354 e. The molecule has 0 saturated carbocycles. The molecule has 112 valence electrons. The van der Waals surface area contributed by atoms with E-state index in [4.69, 9.17) is 11.6 Å². The highest BCUT2D eigenvalue weighted by atomic mass is 35.5. The van der Waals surface area contributed by atoms with Crippen molar-refractivity contribution < 1.29 is 9.18 Å². The zero-order valence-electron chi connectivity index (χ0n) is 11.8. The topological polar surface area (TPSA) is 46.9 Å². The Morgan fingerprint density at radius 2 is 2.33 bits per heavy atom. The predicted octanol–water partition coefficient (Wildman–Crippen LogP) is 2.72. The van der Waals surface area contributed by atoms with Gasteiger partial charge >= 0.3 is 0 Å². The van der Waals surface area contributed by atoms with Crippen LogP contribution in [-0.4, -0.2) is 27.9 Å². The number of hydrogen-bond acceptors (Lipinski definition) is 2. The minimum atomic E-state index is -0.249. The van der Waals surface area contributed by atoms with Gasteiger partial charge in [-0.15, -0.1) is 11.6 Å². The molecule has 1 unspecified atom stereocenters. The molecule has 0 bridgehead atoms. The van der Waals surface area contributed by atoms with Gasteiger partial charge in [0.15, 0.2) is 0 Å². The summed E-state index contributed by atoms with van der Waals surface area (Å²) in [7, 11) is 0. The second-order valence-corrected chi connectivity index (χ2v) is 5.80. The van der Waals surface area contributed by atoms with Crippen molar-refractivity contribution in [3.05, 3.63) is 29.3 Å². The van der Waals surface area contributed by atoms with Crippen molar-refractivity contribution in [2.75, 3.05) is 12.4 Å². The van der Waals surface area contributed by atoms with Gasteiger partial charge in [0.25, 0.3) is 0 Å². The quantitative estimate of drug-likeness (QED) is 0.886. The molecule has 1 aromatic heterocycles. The van der Waals surface area contributed by atoms with Crippen molar-refractivity contribution in [3.8, 4) is 0 Å². The number of carbonyl (C=O) groups is 1. The van der Waals surface area contributed by atoms with Crippen LogP contribution < -0.4 is 5.32 Å². The van der Waals surface area contributed by atoms with Gasteiger partial charge in [-0.05, 0) is 25.0 Å². The van der Waals surface area contributed by atoms with E-state index in [1.807, 2.05) is 6.07 Å². The molecule has 21 heavy (non-hydrogen) atoms. The maximum Gasteiger partial charge on any atom is 0.220 e. The van der Waals surface area contributed by atoms with Crippen LogP contribution in [0, 0.1) is 12.7 Å². The van der Waals surface area contributed by atoms with E-state index in [9.17, 15) is 9.18 Å². The van der Waals surface area contributed by atoms with E-state index >= 15 is 0 Å². The summed E-state index contributed by atoms with van der Waals surface area (Å²) in [4.78, 5) is 15.9. The Morgan fingerprint density at radius 1 is 1.52 bits per heavy atom. The fourth-order valence-electron chi connectivity index (χ4n) is 2.88. The number of rotatable bonds is 3. The number of amides is 1. The molecule has 1 saturated heterocycles. The van der Waals surface area contributed by atoms with Crippen LogP contribution in [0.5, 0.6) is 0 Å². The number of nitrogens with zero attached hydrogens (tertiary/aromatic N) is 2. The molecule has 2 heterocycles. The molecule has 0 radical (unpaired) electrons. The van der Waals surface area contributed by atoms with Crippen LogP contribution in [0.25, 0.3) is 11.0 Å². The van der Waals surface area contributed by atoms with Gasteiger partial charge < -0.3 is 9.88 Å². The molecule has 1 fully saturated rings. The summed E-state index contributed by atoms with van der Waals surface area (Å²) in [6.45, 7) is 2.33. The normalized spacial score (nSPS) is 19.0. The van der Waals surface area contributed by atoms with Crippen molar-refractivity contribution in [1.29, 1.82) is 0 Å². The molecule has 6 heteroatoms. The number of carbonyl (C=O) groups excluding carboxylic acids is 1. The number of benzene rings is 1. The molecule has 2 aromatic rings. The summed E-state index contributed by atoms with van der Waals surface area (Å²) in [5.41, 5.74) is 2.16. The Hall–Kier alpha value is -1.62. The maximum atomic E-state index is 13.7. The molecule has 4 nitrogen and oxygen atoms in total. The van der Waals surface area contributed by atoms with Gasteiger partial charge in [-0.2, -0.15) is 0 Å². The predicted molar refractivity (Wildman–Crippen MR) is 80.1 cm³/mol. The van der Waals surface area contributed by atoms with Crippen LogP contribution in [0.2, 0.25) is 0 Å². The third-order valence-corrected chi connectivity index (χ3v) is 4.15. The molecule has 1 aromatic carbocycles. The van der Waals surface area contributed by atoms with Crippen LogP contribution in [-0.2, 0) is 11.2 Å². The highest BCUT2D eigenvalue weighted by Gasteiger charge is 2.24. The third kappa shape index (κ3) is 2.62. The third-order valence-electron chi connectivity index (χ3n) is 3.97. The average Bonchev–Trinajstić information content (AvgIpc) is 2.78. The van der Waals surface area contributed by atoms with Crippen molar-refractivity contribution >= 4 is 28.5 Å². The standard InChI is InChI=1S/C15H17ClFN3O/c1-9-6-13-12(7-11(9)17)19-14(4-5-16)20(13)10-2-3-15(21)18-8-10/h6-7,10H,2-5,8H2,1H3,(H,18,21). The second kappa shape index (κ2) is 5.64. The van der Waals surface area contributed by atoms with E-state index in [0.29, 0.717) is 36.3 Å². The van der Waals surface area contributed by atoms with Gasteiger partial charge in [-0.1, -0.05) is 0 Å². The van der Waals surface area contributed by atoms with Gasteiger partial charge in [0.2, 0.25) is 5.91 Å². The summed E-state index contributed by atoms with van der Waals surface area (Å²) in [5, 5.41) is 2.89. The fourth-order valence-corrected chi connectivity index (χ4v) is 3.05. The smallest absolute Gasteiger partial charge is 0.220 e. The Kier molecular flexibility index (Phi) is 3.85. The Bertz CT molecular complexity index is 688. The zero-order chi connectivity index (χ0) is 15.0. The second-order valence-electron chi connectivity index (χ2n) is 5.42. The molecule has 1 amide bonds. The van der Waals surface area contributed by atoms with E-state index in [-0.39, 0.29) is 17.8 Å². The summed E-state index contributed by atoms with van der Waals surface area (Å²) in [6.07, 6.45) is 1.90. The molecular weight excluding hydrogens is 293 g/mol. The van der Waals surface area contributed by atoms with Crippen LogP contribution in [0.3, 0.4) is 0 Å². The number of imidazole rings is 1. The van der Waals surface area contributed by atoms with Gasteiger partial charge in [-0.3, -0.25) is 4.79 Å². The van der Waals surface area contributed by atoms with E-state index in [0.717, 1.165) is 17.8 Å². The molecular formula is C15H17ClFN3O. The van der Waals surface area contributed by atoms with Crippen LogP contribution in [0.4, 0.5) is 4.39 Å². The van der Waals surface area contributed by atoms with Gasteiger partial charge in [-0.25, -0.2) is 9.37 Å². The van der Waals surface area contributed by atoms with Crippen LogP contribution >= 0.6 is 11.6 Å². The number of piperidine rings is 1. The lowest BCUT2D eigenvalue weighted by Crippen LogP contribution is -2.36. The number of aromatic nitrogens is 2. The van der Waals surface area contributed by atoms with Crippen molar-refractivity contribution in [1.82, 2.24) is 14.9 Å². The maximum absolute atomic E-state index is 13.7. The van der Waals surface area contributed by atoms with Crippen LogP contribution in [0.15, 0.2) is 12.1 Å². The summed E-state index contributed by atoms with van der Waals surface area (Å²) >= 11 is 5.86. The number of halogens is 2. The monoisotopic (exact) mass is 309 g/mol. The first-order valence-electron chi connectivity index (χ1n) is 7.09. The van der Waals surface area contributed by atoms with Crippen molar-refractivity contribution in [2.45, 2.75) is 32.2 Å². The molecule has 1 atom stereocenters. The highest BCUT2D eigenvalue weighted by Crippen LogP contribution is 2.28. The Balaban J connectivity index is 2.11. The van der Waals surface area contributed by atoms with Crippen molar-refractivity contribution in [3.63, 3.8) is 0 Å². The Labute approximate surface area is 127 Å². The van der Waals surface area contributed by atoms with Gasteiger partial charge in [0, 0.05) is 31.3 Å². The number of fused-ring (bicyclic) bond motifs is 1. The SMILES string of the molecule is Cc1cc2c(cc1F)nc(CCCl)n2C1CCC(=O)NC1. The lowest BCUT2D eigenvalue weighted by atomic mass is 10.1. The molecule has 1 aliphatic heterocycles. The van der Waals surface area contributed by atoms with Gasteiger partial charge in [0.05, 0.1) is 17.1 Å². The van der Waals surface area contributed by atoms with E-state index in [2.05, 4.69) is 14.9 Å². The largest absolute Gasteiger partial charge is 0.354 e. The van der Waals surface area contributed by atoms with E-state index in [1.165, 1.54) is 6.07 Å². The molecule has 1 aliphatic rings. The van der Waals surface area contributed by atoms with E-state index < -0.39 is 0 Å². The van der Waals surface area contributed by atoms with E-state index in [1.54, 1.807) is 6.92 Å². The number of aryl methyl sites for hydroxylation is 2. The molecule has 0 aliphatic carbocycles. The fraction of sp³-hybridized carbons (Fsp3) is 0.467. The summed E-state index contributed by atoms with van der Waals surface area (Å²) in [5.74, 6) is 1.15. The van der Waals surface area contributed by atoms with Crippen LogP contribution in [0.1, 0.15) is 30.3 Å². The number of hydrogen-bond donors (Lipinski definition) is 1. The lowest BCUT2D eigenvalue weighted by molar-refractivity contribution is -0.122. The van der Waals surface area contributed by atoms with Crippen molar-refractivity contribution in [2.24, 2.45) is 0 Å². The first kappa shape index (κ1) is 14.3. The summed E-state index contributed by atoms with van der Waals surface area (Å²) in [6, 6.07) is 3.45. The Morgan fingerprint density at radius 3 is 3.00 bits per heavy atom. The van der Waals surface area contributed by atoms with Gasteiger partial charge in [0.1, 0.15) is 11.6 Å². The molecule has 3 rings (SSSR count). The first-order chi connectivity index (χ1) is 10.1. The minimum absolute atomic E-state index is 0.0804. The summed E-state index contributed by atoms with van der Waals surface area (Å²) < 4.78 is 15.9. The first-order valence-corrected chi connectivity index (χ1v) is 7.63. The highest BCUT2D eigenvalue weighted by molar-refractivity contribution is 6.17. The number of nitrogens with one attached hydrogen (secondary N) is 1. The zero-order valence-corrected chi connectivity index (χ0v) is 12.6. The lowest BCUT2D eigenvalue weighted by Gasteiger charge is -2.26. The average molecular weight is 310 g/mol. The molecule has 1 N–H and O–H groups in total. The molecule has 0 spiro atoms. The number of alkyl halides is 1.